The minimum atomic E-state index is -4.44. The number of pyridine rings is 2. The number of halogens is 3. The van der Waals surface area contributed by atoms with Gasteiger partial charge in [-0.15, -0.1) is 0 Å². The highest BCUT2D eigenvalue weighted by Gasteiger charge is 2.27. The largest absolute Gasteiger partial charge is 0.497 e. The van der Waals surface area contributed by atoms with Gasteiger partial charge in [0.2, 0.25) is 5.95 Å². The number of benzene rings is 2. The fraction of sp³-hybridized carbons (Fsp3) is 0.120. The molecule has 7 nitrogen and oxygen atoms in total. The van der Waals surface area contributed by atoms with Crippen molar-refractivity contribution in [2.45, 2.75) is 6.18 Å². The van der Waals surface area contributed by atoms with Crippen molar-refractivity contribution in [2.24, 2.45) is 0 Å². The van der Waals surface area contributed by atoms with Gasteiger partial charge in [0.15, 0.2) is 5.65 Å². The van der Waals surface area contributed by atoms with Crippen LogP contribution in [0.1, 0.15) is 0 Å². The van der Waals surface area contributed by atoms with Crippen LogP contribution < -0.4 is 15.6 Å². The maximum atomic E-state index is 13.8. The summed E-state index contributed by atoms with van der Waals surface area (Å²) in [7, 11) is 1.53. The van der Waals surface area contributed by atoms with Crippen LogP contribution in [0.15, 0.2) is 77.9 Å². The number of nitrogens with zero attached hydrogens (tertiary/aromatic N) is 4. The second kappa shape index (κ2) is 8.71. The number of methoxy groups -OCH3 is 1. The van der Waals surface area contributed by atoms with Crippen molar-refractivity contribution in [1.82, 2.24) is 19.5 Å². The van der Waals surface area contributed by atoms with Gasteiger partial charge >= 0.3 is 6.18 Å². The van der Waals surface area contributed by atoms with Gasteiger partial charge in [0.05, 0.1) is 18.3 Å². The molecule has 0 radical (unpaired) electrons. The average molecular weight is 477 g/mol. The maximum absolute atomic E-state index is 13.8. The van der Waals surface area contributed by atoms with E-state index < -0.39 is 12.7 Å². The summed E-state index contributed by atoms with van der Waals surface area (Å²) in [5, 5.41) is 3.52. The molecular weight excluding hydrogens is 459 g/mol. The fourth-order valence-electron chi connectivity index (χ4n) is 3.78. The number of alkyl halides is 3. The van der Waals surface area contributed by atoms with E-state index in [2.05, 4.69) is 20.3 Å². The monoisotopic (exact) mass is 477 g/mol. The van der Waals surface area contributed by atoms with Crippen LogP contribution in [-0.2, 0) is 0 Å². The smallest absolute Gasteiger partial charge is 0.405 e. The lowest BCUT2D eigenvalue weighted by Gasteiger charge is -2.15. The zero-order chi connectivity index (χ0) is 24.6. The highest BCUT2D eigenvalue weighted by molar-refractivity contribution is 5.87. The Labute approximate surface area is 196 Å². The van der Waals surface area contributed by atoms with Crippen molar-refractivity contribution in [3.05, 3.63) is 83.4 Å². The van der Waals surface area contributed by atoms with Crippen LogP contribution in [0.2, 0.25) is 0 Å². The third kappa shape index (κ3) is 4.50. The molecule has 3 aromatic heterocycles. The number of aromatic nitrogens is 4. The molecular formula is C25H18F3N5O2. The first-order valence-corrected chi connectivity index (χ1v) is 10.6. The Balaban J connectivity index is 1.73. The van der Waals surface area contributed by atoms with Gasteiger partial charge in [0, 0.05) is 28.7 Å². The van der Waals surface area contributed by atoms with E-state index in [1.165, 1.54) is 17.9 Å². The van der Waals surface area contributed by atoms with Gasteiger partial charge in [-0.25, -0.2) is 4.98 Å². The lowest BCUT2D eigenvalue weighted by atomic mass is 10.0. The standard InChI is InChI=1S/C25H18F3N5O2/c1-35-19-7-5-18(6-8-19)33-22-17(13-30-24(32-22)31-14-25(26,27)28)12-20(23(33)34)15-4-9-21-16(11-15)3-2-10-29-21/h2-13H,14H2,1H3,(H,30,31,32). The van der Waals surface area contributed by atoms with Crippen LogP contribution in [0, 0.1) is 0 Å². The zero-order valence-corrected chi connectivity index (χ0v) is 18.4. The highest BCUT2D eigenvalue weighted by atomic mass is 19.4. The molecule has 5 aromatic rings. The molecule has 0 amide bonds. The van der Waals surface area contributed by atoms with E-state index >= 15 is 0 Å². The number of nitrogens with one attached hydrogen (secondary N) is 1. The van der Waals surface area contributed by atoms with Crippen molar-refractivity contribution in [3.8, 4) is 22.6 Å². The molecule has 5 rings (SSSR count). The molecule has 0 saturated carbocycles. The van der Waals surface area contributed by atoms with Crippen LogP contribution in [0.4, 0.5) is 19.1 Å². The van der Waals surface area contributed by atoms with E-state index in [1.807, 2.05) is 24.3 Å². The number of hydrogen-bond acceptors (Lipinski definition) is 6. The molecule has 35 heavy (non-hydrogen) atoms. The first kappa shape index (κ1) is 22.3. The van der Waals surface area contributed by atoms with Crippen LogP contribution in [0.25, 0.3) is 38.8 Å². The first-order valence-electron chi connectivity index (χ1n) is 10.6. The van der Waals surface area contributed by atoms with Crippen LogP contribution in [0.3, 0.4) is 0 Å². The Kier molecular flexibility index (Phi) is 5.56. The van der Waals surface area contributed by atoms with Gasteiger partial charge in [-0.1, -0.05) is 12.1 Å². The normalized spacial score (nSPS) is 11.7. The fourth-order valence-corrected chi connectivity index (χ4v) is 3.78. The SMILES string of the molecule is COc1ccc(-n2c(=O)c(-c3ccc4ncccc4c3)cc3cnc(NCC(F)(F)F)nc32)cc1. The first-order chi connectivity index (χ1) is 16.8. The number of anilines is 1. The van der Waals surface area contributed by atoms with Crippen LogP contribution >= 0.6 is 0 Å². The molecule has 1 N–H and O–H groups in total. The minimum absolute atomic E-state index is 0.172. The van der Waals surface area contributed by atoms with Gasteiger partial charge in [-0.3, -0.25) is 14.3 Å². The molecule has 0 spiro atoms. The summed E-state index contributed by atoms with van der Waals surface area (Å²) in [6.07, 6.45) is -1.36. The molecule has 0 fully saturated rings. The van der Waals surface area contributed by atoms with Gasteiger partial charge in [0.25, 0.3) is 5.56 Å². The number of hydrogen-bond donors (Lipinski definition) is 1. The highest BCUT2D eigenvalue weighted by Crippen LogP contribution is 2.26. The molecule has 0 atom stereocenters. The summed E-state index contributed by atoms with van der Waals surface area (Å²) in [6.45, 7) is -1.30. The van der Waals surface area contributed by atoms with E-state index in [0.717, 1.165) is 10.9 Å². The Bertz CT molecular complexity index is 1600. The van der Waals surface area contributed by atoms with Crippen molar-refractivity contribution in [1.29, 1.82) is 0 Å². The Morgan fingerprint density at radius 3 is 2.54 bits per heavy atom. The van der Waals surface area contributed by atoms with Gasteiger partial charge in [0.1, 0.15) is 12.3 Å². The van der Waals surface area contributed by atoms with E-state index in [1.54, 1.807) is 42.6 Å². The van der Waals surface area contributed by atoms with Gasteiger partial charge in [-0.2, -0.15) is 18.2 Å². The average Bonchev–Trinajstić information content (AvgIpc) is 2.86. The Morgan fingerprint density at radius 2 is 1.80 bits per heavy atom. The summed E-state index contributed by atoms with van der Waals surface area (Å²) in [6, 6.07) is 17.6. The quantitative estimate of drug-likeness (QED) is 0.385. The predicted molar refractivity (Wildman–Crippen MR) is 127 cm³/mol. The molecule has 0 aliphatic rings. The Hall–Kier alpha value is -4.47. The van der Waals surface area contributed by atoms with Gasteiger partial charge < -0.3 is 10.1 Å². The molecule has 10 heteroatoms. The molecule has 0 aliphatic carbocycles. The molecule has 0 bridgehead atoms. The van der Waals surface area contributed by atoms with E-state index in [0.29, 0.717) is 28.0 Å². The van der Waals surface area contributed by atoms with Crippen molar-refractivity contribution < 1.29 is 17.9 Å². The van der Waals surface area contributed by atoms with Crippen LogP contribution in [-0.4, -0.2) is 39.3 Å². The molecule has 0 saturated heterocycles. The second-order valence-electron chi connectivity index (χ2n) is 7.75. The molecule has 0 aliphatic heterocycles. The van der Waals surface area contributed by atoms with E-state index in [9.17, 15) is 18.0 Å². The summed E-state index contributed by atoms with van der Waals surface area (Å²) < 4.78 is 44.7. The third-order valence-corrected chi connectivity index (χ3v) is 5.43. The van der Waals surface area contributed by atoms with Crippen molar-refractivity contribution in [3.63, 3.8) is 0 Å². The second-order valence-corrected chi connectivity index (χ2v) is 7.75. The minimum Gasteiger partial charge on any atom is -0.497 e. The van der Waals surface area contributed by atoms with Crippen molar-refractivity contribution in [2.75, 3.05) is 19.0 Å². The summed E-state index contributed by atoms with van der Waals surface area (Å²) >= 11 is 0. The lowest BCUT2D eigenvalue weighted by Crippen LogP contribution is -2.24. The number of rotatable bonds is 5. The summed E-state index contributed by atoms with van der Waals surface area (Å²) in [5.74, 6) is 0.354. The molecule has 0 unspecified atom stereocenters. The van der Waals surface area contributed by atoms with Crippen LogP contribution in [0.5, 0.6) is 5.75 Å². The maximum Gasteiger partial charge on any atom is 0.405 e. The molecule has 3 heterocycles. The predicted octanol–water partition coefficient (Wildman–Crippen LogP) is 4.98. The summed E-state index contributed by atoms with van der Waals surface area (Å²) in [4.78, 5) is 26.3. The topological polar surface area (TPSA) is 81.9 Å². The lowest BCUT2D eigenvalue weighted by molar-refractivity contribution is -0.115. The number of fused-ring (bicyclic) bond motifs is 2. The third-order valence-electron chi connectivity index (χ3n) is 5.43. The number of ether oxygens (including phenoxy) is 1. The van der Waals surface area contributed by atoms with Gasteiger partial charge in [-0.05, 0) is 54.1 Å². The van der Waals surface area contributed by atoms with E-state index in [-0.39, 0.29) is 17.2 Å². The van der Waals surface area contributed by atoms with E-state index in [4.69, 9.17) is 4.74 Å². The zero-order valence-electron chi connectivity index (χ0n) is 18.4. The van der Waals surface area contributed by atoms with Crippen molar-refractivity contribution >= 4 is 27.9 Å². The molecule has 2 aromatic carbocycles. The Morgan fingerprint density at radius 1 is 1.00 bits per heavy atom. The molecule has 176 valence electrons. The summed E-state index contributed by atoms with van der Waals surface area (Å²) in [5.41, 5.74) is 2.11.